The minimum Gasteiger partial charge on any atom is -0.288 e. The lowest BCUT2D eigenvalue weighted by Crippen LogP contribution is -2.11. The van der Waals surface area contributed by atoms with Crippen molar-refractivity contribution in [2.24, 2.45) is 0 Å². The van der Waals surface area contributed by atoms with E-state index >= 15 is 0 Å². The van der Waals surface area contributed by atoms with Crippen molar-refractivity contribution in [1.29, 1.82) is 0 Å². The van der Waals surface area contributed by atoms with Crippen molar-refractivity contribution in [1.82, 2.24) is 0 Å². The molecule has 0 unspecified atom stereocenters. The van der Waals surface area contributed by atoms with E-state index in [-0.39, 0.29) is 5.56 Å². The first-order chi connectivity index (χ1) is 10.1. The zero-order chi connectivity index (χ0) is 15.0. The second kappa shape index (κ2) is 5.40. The number of hydrogen-bond donors (Lipinski definition) is 0. The molecule has 0 saturated carbocycles. The lowest BCUT2D eigenvalue weighted by atomic mass is 9.89. The van der Waals surface area contributed by atoms with Crippen LogP contribution in [0, 0.1) is 18.6 Å². The maximum atomic E-state index is 14.1. The average Bonchev–Trinajstić information content (AvgIpc) is 2.51. The number of carbonyl (C=O) groups excluding carboxylic acids is 1. The molecule has 0 atom stereocenters. The number of fused-ring (bicyclic) bond motifs is 1. The van der Waals surface area contributed by atoms with Gasteiger partial charge in [-0.25, -0.2) is 8.78 Å². The molecule has 0 amide bonds. The normalized spacial score (nSPS) is 13.9. The summed E-state index contributed by atoms with van der Waals surface area (Å²) in [6.07, 6.45) is 4.19. The quantitative estimate of drug-likeness (QED) is 0.749. The summed E-state index contributed by atoms with van der Waals surface area (Å²) in [5.41, 5.74) is 2.55. The lowest BCUT2D eigenvalue weighted by molar-refractivity contribution is 0.103. The Balaban J connectivity index is 2.05. The topological polar surface area (TPSA) is 17.1 Å². The first kappa shape index (κ1) is 13.9. The number of benzene rings is 2. The predicted molar refractivity (Wildman–Crippen MR) is 77.6 cm³/mol. The van der Waals surface area contributed by atoms with Crippen molar-refractivity contribution >= 4 is 5.78 Å². The first-order valence-corrected chi connectivity index (χ1v) is 7.19. The first-order valence-electron chi connectivity index (χ1n) is 7.19. The van der Waals surface area contributed by atoms with Crippen LogP contribution in [0.4, 0.5) is 8.78 Å². The smallest absolute Gasteiger partial charge is 0.198 e. The van der Waals surface area contributed by atoms with Crippen molar-refractivity contribution in [2.45, 2.75) is 32.6 Å². The third-order valence-corrected chi connectivity index (χ3v) is 4.12. The second-order valence-corrected chi connectivity index (χ2v) is 5.57. The highest BCUT2D eigenvalue weighted by Crippen LogP contribution is 2.25. The molecule has 0 aliphatic heterocycles. The summed E-state index contributed by atoms with van der Waals surface area (Å²) in [4.78, 5) is 12.4. The molecule has 2 aromatic carbocycles. The van der Waals surface area contributed by atoms with E-state index in [1.165, 1.54) is 18.6 Å². The highest BCUT2D eigenvalue weighted by atomic mass is 19.1. The monoisotopic (exact) mass is 286 g/mol. The summed E-state index contributed by atoms with van der Waals surface area (Å²) in [7, 11) is 0. The lowest BCUT2D eigenvalue weighted by Gasteiger charge is -2.16. The van der Waals surface area contributed by atoms with Crippen LogP contribution in [0.25, 0.3) is 0 Å². The van der Waals surface area contributed by atoms with Crippen LogP contribution in [-0.4, -0.2) is 5.78 Å². The number of rotatable bonds is 2. The van der Waals surface area contributed by atoms with Gasteiger partial charge in [-0.2, -0.15) is 0 Å². The van der Waals surface area contributed by atoms with E-state index in [4.69, 9.17) is 0 Å². The van der Waals surface area contributed by atoms with Crippen molar-refractivity contribution < 1.29 is 13.6 Å². The standard InChI is InChI=1S/C18H16F2O/c1-11-6-9-15(19)16(17(11)20)18(21)14-8-7-12-4-2-3-5-13(12)10-14/h6-10H,2-5H2,1H3. The van der Waals surface area contributed by atoms with Crippen LogP contribution in [-0.2, 0) is 12.8 Å². The van der Waals surface area contributed by atoms with Crippen LogP contribution in [0.2, 0.25) is 0 Å². The molecule has 2 aromatic rings. The van der Waals surface area contributed by atoms with Gasteiger partial charge >= 0.3 is 0 Å². The molecule has 0 fully saturated rings. The van der Waals surface area contributed by atoms with Crippen LogP contribution >= 0.6 is 0 Å². The van der Waals surface area contributed by atoms with Crippen molar-refractivity contribution in [3.05, 3.63) is 69.8 Å². The van der Waals surface area contributed by atoms with E-state index in [0.29, 0.717) is 5.56 Å². The molecule has 0 bridgehead atoms. The van der Waals surface area contributed by atoms with Crippen LogP contribution in [0.3, 0.4) is 0 Å². The van der Waals surface area contributed by atoms with E-state index in [1.54, 1.807) is 12.1 Å². The van der Waals surface area contributed by atoms with Gasteiger partial charge in [-0.15, -0.1) is 0 Å². The maximum absolute atomic E-state index is 14.1. The van der Waals surface area contributed by atoms with E-state index in [2.05, 4.69) is 0 Å². The molecule has 0 spiro atoms. The fraction of sp³-hybridized carbons (Fsp3) is 0.278. The molecule has 1 aliphatic rings. The molecular formula is C18H16F2O. The largest absolute Gasteiger partial charge is 0.288 e. The van der Waals surface area contributed by atoms with E-state index in [9.17, 15) is 13.6 Å². The van der Waals surface area contributed by atoms with E-state index in [1.807, 2.05) is 6.07 Å². The number of aryl methyl sites for hydroxylation is 3. The summed E-state index contributed by atoms with van der Waals surface area (Å²) in [5, 5.41) is 0. The summed E-state index contributed by atoms with van der Waals surface area (Å²) < 4.78 is 27.9. The van der Waals surface area contributed by atoms with E-state index < -0.39 is 23.0 Å². The molecule has 0 saturated heterocycles. The number of carbonyl (C=O) groups is 1. The third-order valence-electron chi connectivity index (χ3n) is 4.12. The molecular weight excluding hydrogens is 270 g/mol. The zero-order valence-electron chi connectivity index (χ0n) is 11.9. The van der Waals surface area contributed by atoms with Gasteiger partial charge in [0.2, 0.25) is 0 Å². The minimum absolute atomic E-state index is 0.276. The van der Waals surface area contributed by atoms with Gasteiger partial charge in [-0.1, -0.05) is 18.2 Å². The second-order valence-electron chi connectivity index (χ2n) is 5.57. The summed E-state index contributed by atoms with van der Waals surface area (Å²) >= 11 is 0. The summed E-state index contributed by atoms with van der Waals surface area (Å²) in [6, 6.07) is 7.86. The molecule has 3 rings (SSSR count). The Morgan fingerprint density at radius 1 is 1.00 bits per heavy atom. The Morgan fingerprint density at radius 3 is 2.48 bits per heavy atom. The van der Waals surface area contributed by atoms with Crippen molar-refractivity contribution in [3.8, 4) is 0 Å². The predicted octanol–water partition coefficient (Wildman–Crippen LogP) is 4.38. The summed E-state index contributed by atoms with van der Waals surface area (Å²) in [6.45, 7) is 1.53. The number of ketones is 1. The SMILES string of the molecule is Cc1ccc(F)c(C(=O)c2ccc3c(c2)CCCC3)c1F. The summed E-state index contributed by atoms with van der Waals surface area (Å²) in [5.74, 6) is -2.15. The molecule has 0 aromatic heterocycles. The Morgan fingerprint density at radius 2 is 1.71 bits per heavy atom. The molecule has 0 N–H and O–H groups in total. The van der Waals surface area contributed by atoms with Gasteiger partial charge in [-0.3, -0.25) is 4.79 Å². The van der Waals surface area contributed by atoms with Gasteiger partial charge in [0.15, 0.2) is 5.78 Å². The number of halogens is 2. The maximum Gasteiger partial charge on any atom is 0.198 e. The molecule has 0 heterocycles. The van der Waals surface area contributed by atoms with Gasteiger partial charge in [0, 0.05) is 5.56 Å². The van der Waals surface area contributed by atoms with Gasteiger partial charge in [0.05, 0.1) is 5.56 Å². The Hall–Kier alpha value is -2.03. The fourth-order valence-electron chi connectivity index (χ4n) is 2.88. The minimum atomic E-state index is -0.805. The molecule has 1 nitrogen and oxygen atoms in total. The Bertz CT molecular complexity index is 719. The van der Waals surface area contributed by atoms with Crippen molar-refractivity contribution in [2.75, 3.05) is 0 Å². The highest BCUT2D eigenvalue weighted by molar-refractivity contribution is 6.09. The van der Waals surface area contributed by atoms with Crippen LogP contribution < -0.4 is 0 Å². The molecule has 3 heteroatoms. The van der Waals surface area contributed by atoms with Crippen LogP contribution in [0.1, 0.15) is 45.5 Å². The van der Waals surface area contributed by atoms with Gasteiger partial charge in [-0.05, 0) is 61.4 Å². The molecule has 108 valence electrons. The number of hydrogen-bond acceptors (Lipinski definition) is 1. The van der Waals surface area contributed by atoms with Crippen LogP contribution in [0.15, 0.2) is 30.3 Å². The van der Waals surface area contributed by atoms with Gasteiger partial charge in [0.25, 0.3) is 0 Å². The highest BCUT2D eigenvalue weighted by Gasteiger charge is 2.21. The Kier molecular flexibility index (Phi) is 3.58. The van der Waals surface area contributed by atoms with Crippen LogP contribution in [0.5, 0.6) is 0 Å². The zero-order valence-corrected chi connectivity index (χ0v) is 11.9. The molecule has 1 aliphatic carbocycles. The third kappa shape index (κ3) is 2.48. The molecule has 21 heavy (non-hydrogen) atoms. The van der Waals surface area contributed by atoms with Gasteiger partial charge in [0.1, 0.15) is 11.6 Å². The average molecular weight is 286 g/mol. The van der Waals surface area contributed by atoms with Crippen molar-refractivity contribution in [3.63, 3.8) is 0 Å². The Labute approximate surface area is 122 Å². The van der Waals surface area contributed by atoms with E-state index in [0.717, 1.165) is 37.3 Å². The van der Waals surface area contributed by atoms with Gasteiger partial charge < -0.3 is 0 Å². The molecule has 0 radical (unpaired) electrons. The fourth-order valence-corrected chi connectivity index (χ4v) is 2.88.